The SMILES string of the molecule is CC(=O)NC1C(OCCCOCCCOCCCOCC(COCCCOCCCOCCCOC2OC(CO)C(O)C(O)C2NC(C)=O)(COCCCOCCCOCCCOC2OC(CO)C(O)C(O)C2NC(C)=O)NC(=O)CCCS)OC(CO)C(O)C1O. The quantitative estimate of drug-likeness (QED) is 0.0204. The molecule has 15 unspecified atom stereocenters. The normalized spacial score (nSPS) is 27.3. The third-order valence-corrected chi connectivity index (χ3v) is 14.8. The van der Waals surface area contributed by atoms with Crippen LogP contribution in [0.3, 0.4) is 0 Å². The molecule has 33 heteroatoms. The molecule has 15 atom stereocenters. The summed E-state index contributed by atoms with van der Waals surface area (Å²) in [5, 5.41) is 101. The number of carbonyl (C=O) groups is 4. The Hall–Kier alpha value is -2.73. The molecule has 0 aromatic rings. The Morgan fingerprint density at radius 3 is 0.837 bits per heavy atom. The highest BCUT2D eigenvalue weighted by molar-refractivity contribution is 7.80. The second-order valence-corrected chi connectivity index (χ2v) is 23.0. The molecule has 0 bridgehead atoms. The topological polar surface area (TPSA) is 437 Å². The van der Waals surface area contributed by atoms with E-state index in [1.165, 1.54) is 20.8 Å². The van der Waals surface area contributed by atoms with Crippen molar-refractivity contribution in [2.45, 2.75) is 189 Å². The van der Waals surface area contributed by atoms with E-state index < -0.39 is 135 Å². The summed E-state index contributed by atoms with van der Waals surface area (Å²) in [6.07, 6.45) is -9.05. The zero-order valence-corrected chi connectivity index (χ0v) is 54.7. The predicted octanol–water partition coefficient (Wildman–Crippen LogP) is -3.91. The number of rotatable bonds is 55. The second kappa shape index (κ2) is 50.6. The molecule has 92 heavy (non-hydrogen) atoms. The zero-order chi connectivity index (χ0) is 67.4. The van der Waals surface area contributed by atoms with Gasteiger partial charge in [-0.05, 0) is 70.0 Å². The number of amides is 4. The fourth-order valence-electron chi connectivity index (χ4n) is 9.74. The highest BCUT2D eigenvalue weighted by Gasteiger charge is 2.48. The minimum Gasteiger partial charge on any atom is -0.394 e. The lowest BCUT2D eigenvalue weighted by Crippen LogP contribution is -2.64. The van der Waals surface area contributed by atoms with E-state index in [4.69, 9.17) is 71.1 Å². The van der Waals surface area contributed by atoms with E-state index in [1.807, 2.05) is 0 Å². The summed E-state index contributed by atoms with van der Waals surface area (Å²) in [4.78, 5) is 48.4. The first-order chi connectivity index (χ1) is 44.4. The second-order valence-electron chi connectivity index (χ2n) is 22.6. The Morgan fingerprint density at radius 1 is 0.370 bits per heavy atom. The Kier molecular flexibility index (Phi) is 45.9. The van der Waals surface area contributed by atoms with Gasteiger partial charge in [0, 0.05) is 126 Å². The van der Waals surface area contributed by atoms with Gasteiger partial charge in [-0.3, -0.25) is 19.2 Å². The minimum atomic E-state index is -1.40. The number of hydrogen-bond donors (Lipinski definition) is 14. The number of carbonyl (C=O) groups excluding carboxylic acids is 4. The summed E-state index contributed by atoms with van der Waals surface area (Å²) in [5.74, 6) is -1.01. The molecular weight excluding hydrogens is 1240 g/mol. The van der Waals surface area contributed by atoms with Crippen molar-refractivity contribution in [2.75, 3.05) is 164 Å². The molecule has 0 saturated carbocycles. The molecule has 0 radical (unpaired) electrons. The van der Waals surface area contributed by atoms with Crippen molar-refractivity contribution in [3.8, 4) is 0 Å². The van der Waals surface area contributed by atoms with Gasteiger partial charge in [-0.15, -0.1) is 0 Å². The van der Waals surface area contributed by atoms with Crippen LogP contribution in [0, 0.1) is 0 Å². The molecule has 3 aliphatic heterocycles. The van der Waals surface area contributed by atoms with Crippen molar-refractivity contribution >= 4 is 36.3 Å². The number of thiol groups is 1. The van der Waals surface area contributed by atoms with Crippen LogP contribution < -0.4 is 21.3 Å². The summed E-state index contributed by atoms with van der Waals surface area (Å²) in [7, 11) is 0. The maximum Gasteiger partial charge on any atom is 0.220 e. The molecule has 540 valence electrons. The van der Waals surface area contributed by atoms with Crippen molar-refractivity contribution in [3.63, 3.8) is 0 Å². The van der Waals surface area contributed by atoms with E-state index in [1.54, 1.807) is 0 Å². The number of aliphatic hydroxyl groups is 9. The third kappa shape index (κ3) is 34.0. The molecule has 4 amide bonds. The van der Waals surface area contributed by atoms with Gasteiger partial charge in [-0.1, -0.05) is 0 Å². The summed E-state index contributed by atoms with van der Waals surface area (Å²) >= 11 is 4.29. The standard InChI is InChI=1S/C59H110N4O28S/c1-40(67)60-47-53(74)50(71)43(34-64)89-56(47)86-30-11-24-80-18-5-15-77-21-8-27-83-37-59(63-46(70)14-4-33-92,38-84-28-9-22-78-16-6-19-81-25-12-31-87-57-48(61-41(2)68)54(75)51(72)44(35-65)90-57)39-85-29-10-23-79-17-7-20-82-26-13-32-88-58-49(62-42(3)69)55(76)52(73)45(36-66)91-58/h43-45,47-58,64-66,71-76,92H,4-39H2,1-3H3,(H,60,67)(H,61,68)(H,62,69)(H,63,70). The van der Waals surface area contributed by atoms with Crippen LogP contribution in [-0.4, -0.2) is 331 Å². The Labute approximate surface area is 545 Å². The van der Waals surface area contributed by atoms with Gasteiger partial charge in [0.25, 0.3) is 0 Å². The van der Waals surface area contributed by atoms with E-state index in [0.29, 0.717) is 169 Å². The fourth-order valence-corrected chi connectivity index (χ4v) is 9.90. The first-order valence-electron chi connectivity index (χ1n) is 32.1. The van der Waals surface area contributed by atoms with Gasteiger partial charge in [0.2, 0.25) is 23.6 Å². The number of hydrogen-bond acceptors (Lipinski definition) is 29. The summed E-state index contributed by atoms with van der Waals surface area (Å²) in [6, 6.07) is -3.06. The molecule has 3 saturated heterocycles. The fraction of sp³-hybridized carbons (Fsp3) is 0.932. The average molecular weight is 1360 g/mol. The van der Waals surface area contributed by atoms with E-state index in [2.05, 4.69) is 33.9 Å². The van der Waals surface area contributed by atoms with Crippen LogP contribution >= 0.6 is 12.6 Å². The van der Waals surface area contributed by atoms with E-state index in [0.717, 1.165) is 0 Å². The Balaban J connectivity index is 1.39. The number of ether oxygens (including phenoxy) is 15. The highest BCUT2D eigenvalue weighted by Crippen LogP contribution is 2.25. The van der Waals surface area contributed by atoms with E-state index in [-0.39, 0.29) is 52.0 Å². The number of nitrogens with one attached hydrogen (secondary N) is 4. The lowest BCUT2D eigenvalue weighted by Gasteiger charge is -2.42. The molecule has 3 aliphatic rings. The molecule has 3 fully saturated rings. The van der Waals surface area contributed by atoms with Gasteiger partial charge < -0.3 is 138 Å². The third-order valence-electron chi connectivity index (χ3n) is 14.5. The van der Waals surface area contributed by atoms with Crippen LogP contribution in [0.15, 0.2) is 0 Å². The predicted molar refractivity (Wildman–Crippen MR) is 327 cm³/mol. The maximum atomic E-state index is 13.3. The molecule has 3 rings (SSSR count). The lowest BCUT2D eigenvalue weighted by atomic mass is 9.97. The first kappa shape index (κ1) is 83.5. The van der Waals surface area contributed by atoms with Gasteiger partial charge >= 0.3 is 0 Å². The first-order valence-corrected chi connectivity index (χ1v) is 32.7. The molecular formula is C59H110N4O28S. The molecule has 0 spiro atoms. The van der Waals surface area contributed by atoms with Gasteiger partial charge in [0.15, 0.2) is 18.9 Å². The van der Waals surface area contributed by atoms with Crippen molar-refractivity contribution in [3.05, 3.63) is 0 Å². The van der Waals surface area contributed by atoms with Crippen LogP contribution in [0.1, 0.15) is 91.4 Å². The van der Waals surface area contributed by atoms with Crippen molar-refractivity contribution in [1.82, 2.24) is 21.3 Å². The molecule has 0 aromatic carbocycles. The van der Waals surface area contributed by atoms with E-state index >= 15 is 0 Å². The molecule has 32 nitrogen and oxygen atoms in total. The Morgan fingerprint density at radius 2 is 0.609 bits per heavy atom. The largest absolute Gasteiger partial charge is 0.394 e. The summed E-state index contributed by atoms with van der Waals surface area (Å²) < 4.78 is 87.0. The van der Waals surface area contributed by atoms with E-state index in [9.17, 15) is 65.1 Å². The number of aliphatic hydroxyl groups excluding tert-OH is 9. The lowest BCUT2D eigenvalue weighted by molar-refractivity contribution is -0.270. The zero-order valence-electron chi connectivity index (χ0n) is 53.8. The Bertz CT molecular complexity index is 1730. The molecule has 0 aromatic heterocycles. The van der Waals surface area contributed by atoms with Crippen LogP contribution in [-0.2, 0) is 90.2 Å². The maximum absolute atomic E-state index is 13.3. The van der Waals surface area contributed by atoms with Crippen molar-refractivity contribution < 1.29 is 136 Å². The average Bonchev–Trinajstić information content (AvgIpc) is 0.909. The van der Waals surface area contributed by atoms with Crippen molar-refractivity contribution in [1.29, 1.82) is 0 Å². The summed E-state index contributed by atoms with van der Waals surface area (Å²) in [5.41, 5.74) is -1.05. The monoisotopic (exact) mass is 1350 g/mol. The van der Waals surface area contributed by atoms with Crippen LogP contribution in [0.2, 0.25) is 0 Å². The molecule has 0 aliphatic carbocycles. The molecule has 3 heterocycles. The molecule has 13 N–H and O–H groups in total. The van der Waals surface area contributed by atoms with Crippen LogP contribution in [0.4, 0.5) is 0 Å². The van der Waals surface area contributed by atoms with Crippen LogP contribution in [0.25, 0.3) is 0 Å². The van der Waals surface area contributed by atoms with Gasteiger partial charge in [0.05, 0.1) is 59.5 Å². The van der Waals surface area contributed by atoms with Crippen LogP contribution in [0.5, 0.6) is 0 Å². The van der Waals surface area contributed by atoms with Gasteiger partial charge in [-0.25, -0.2) is 0 Å². The minimum absolute atomic E-state index is 0.0838. The summed E-state index contributed by atoms with van der Waals surface area (Å²) in [6.45, 7) is 8.80. The van der Waals surface area contributed by atoms with Crippen molar-refractivity contribution in [2.24, 2.45) is 0 Å². The highest BCUT2D eigenvalue weighted by atomic mass is 32.1. The van der Waals surface area contributed by atoms with Gasteiger partial charge in [-0.2, -0.15) is 12.6 Å². The van der Waals surface area contributed by atoms with Gasteiger partial charge in [0.1, 0.15) is 78.6 Å². The smallest absolute Gasteiger partial charge is 0.220 e.